The Balaban J connectivity index is 2.20. The van der Waals surface area contributed by atoms with Crippen molar-refractivity contribution in [2.75, 3.05) is 5.73 Å². The van der Waals surface area contributed by atoms with E-state index in [1.54, 1.807) is 18.2 Å². The van der Waals surface area contributed by atoms with Crippen molar-refractivity contribution >= 4 is 11.6 Å². The van der Waals surface area contributed by atoms with Crippen LogP contribution >= 0.6 is 0 Å². The Morgan fingerprint density at radius 3 is 2.35 bits per heavy atom. The summed E-state index contributed by atoms with van der Waals surface area (Å²) in [6.45, 7) is 1.52. The van der Waals surface area contributed by atoms with E-state index in [9.17, 15) is 13.6 Å². The summed E-state index contributed by atoms with van der Waals surface area (Å²) in [5.74, 6) is -1.82. The zero-order valence-corrected chi connectivity index (χ0v) is 10.9. The summed E-state index contributed by atoms with van der Waals surface area (Å²) in [7, 11) is 0. The summed E-state index contributed by atoms with van der Waals surface area (Å²) in [5.41, 5.74) is 6.21. The van der Waals surface area contributed by atoms with Gasteiger partial charge in [0.2, 0.25) is 0 Å². The highest BCUT2D eigenvalue weighted by Crippen LogP contribution is 2.20. The van der Waals surface area contributed by atoms with Gasteiger partial charge in [-0.1, -0.05) is 12.1 Å². The van der Waals surface area contributed by atoms with Crippen molar-refractivity contribution in [3.8, 4) is 0 Å². The van der Waals surface area contributed by atoms with Gasteiger partial charge in [-0.15, -0.1) is 0 Å². The number of amides is 1. The number of hydrogen-bond donors (Lipinski definition) is 2. The summed E-state index contributed by atoms with van der Waals surface area (Å²) in [5, 5.41) is 2.55. The molecular formula is C15H14F2N2O. The lowest BCUT2D eigenvalue weighted by atomic mass is 10.1. The van der Waals surface area contributed by atoms with Crippen LogP contribution in [0, 0.1) is 11.6 Å². The van der Waals surface area contributed by atoms with Crippen LogP contribution in [0.15, 0.2) is 42.5 Å². The highest BCUT2D eigenvalue weighted by molar-refractivity contribution is 5.95. The van der Waals surface area contributed by atoms with E-state index >= 15 is 0 Å². The minimum absolute atomic E-state index is 0.162. The molecule has 0 heterocycles. The van der Waals surface area contributed by atoms with Crippen LogP contribution in [0.5, 0.6) is 0 Å². The zero-order chi connectivity index (χ0) is 14.7. The second kappa shape index (κ2) is 5.69. The molecule has 2 rings (SSSR count). The first-order valence-corrected chi connectivity index (χ1v) is 6.09. The van der Waals surface area contributed by atoms with Crippen LogP contribution in [0.25, 0.3) is 0 Å². The molecule has 1 unspecified atom stereocenters. The number of carbonyl (C=O) groups excluding carboxylic acids is 1. The van der Waals surface area contributed by atoms with E-state index in [1.165, 1.54) is 19.1 Å². The van der Waals surface area contributed by atoms with Gasteiger partial charge < -0.3 is 11.1 Å². The molecule has 0 aliphatic carbocycles. The van der Waals surface area contributed by atoms with Crippen LogP contribution in [0.3, 0.4) is 0 Å². The summed E-state index contributed by atoms with van der Waals surface area (Å²) in [6.07, 6.45) is 0. The standard InChI is InChI=1S/C15H14F2N2O/c1-9(14-12(16)6-3-7-13(14)17)19-15(20)10-4-2-5-11(18)8-10/h2-9H,18H2,1H3,(H,19,20). The highest BCUT2D eigenvalue weighted by atomic mass is 19.1. The molecule has 0 aromatic heterocycles. The van der Waals surface area contributed by atoms with E-state index in [1.807, 2.05) is 0 Å². The van der Waals surface area contributed by atoms with Crippen LogP contribution in [-0.4, -0.2) is 5.91 Å². The third kappa shape index (κ3) is 2.93. The van der Waals surface area contributed by atoms with Gasteiger partial charge in [0, 0.05) is 16.8 Å². The average Bonchev–Trinajstić information content (AvgIpc) is 2.38. The smallest absolute Gasteiger partial charge is 0.251 e. The Kier molecular flexibility index (Phi) is 3.98. The first kappa shape index (κ1) is 14.0. The maximum atomic E-state index is 13.6. The van der Waals surface area contributed by atoms with Crippen LogP contribution < -0.4 is 11.1 Å². The molecule has 0 saturated carbocycles. The first-order valence-electron chi connectivity index (χ1n) is 6.09. The lowest BCUT2D eigenvalue weighted by Gasteiger charge is -2.16. The third-order valence-corrected chi connectivity index (χ3v) is 2.93. The molecule has 0 aliphatic rings. The fourth-order valence-electron chi connectivity index (χ4n) is 1.96. The predicted octanol–water partition coefficient (Wildman–Crippen LogP) is 3.04. The van der Waals surface area contributed by atoms with Gasteiger partial charge in [-0.2, -0.15) is 0 Å². The van der Waals surface area contributed by atoms with E-state index in [-0.39, 0.29) is 5.56 Å². The Morgan fingerprint density at radius 1 is 1.15 bits per heavy atom. The average molecular weight is 276 g/mol. The van der Waals surface area contributed by atoms with E-state index in [2.05, 4.69) is 5.32 Å². The minimum Gasteiger partial charge on any atom is -0.399 e. The Bertz CT molecular complexity index is 623. The van der Waals surface area contributed by atoms with E-state index < -0.39 is 23.6 Å². The summed E-state index contributed by atoms with van der Waals surface area (Å²) >= 11 is 0. The Morgan fingerprint density at radius 2 is 1.75 bits per heavy atom. The van der Waals surface area contributed by atoms with Gasteiger partial charge in [0.1, 0.15) is 11.6 Å². The second-order valence-corrected chi connectivity index (χ2v) is 4.46. The summed E-state index contributed by atoms with van der Waals surface area (Å²) in [6, 6.07) is 9.17. The summed E-state index contributed by atoms with van der Waals surface area (Å²) < 4.78 is 27.2. The number of benzene rings is 2. The summed E-state index contributed by atoms with van der Waals surface area (Å²) in [4.78, 5) is 12.0. The fourth-order valence-corrected chi connectivity index (χ4v) is 1.96. The molecule has 20 heavy (non-hydrogen) atoms. The van der Waals surface area contributed by atoms with E-state index in [0.29, 0.717) is 11.3 Å². The number of anilines is 1. The van der Waals surface area contributed by atoms with Crippen molar-refractivity contribution in [2.24, 2.45) is 0 Å². The quantitative estimate of drug-likeness (QED) is 0.847. The largest absolute Gasteiger partial charge is 0.399 e. The van der Waals surface area contributed by atoms with Gasteiger partial charge in [-0.3, -0.25) is 4.79 Å². The molecular weight excluding hydrogens is 262 g/mol. The monoisotopic (exact) mass is 276 g/mol. The third-order valence-electron chi connectivity index (χ3n) is 2.93. The molecule has 0 saturated heterocycles. The van der Waals surface area contributed by atoms with Crippen LogP contribution in [0.4, 0.5) is 14.5 Å². The molecule has 0 fully saturated rings. The van der Waals surface area contributed by atoms with Gasteiger partial charge in [0.25, 0.3) is 5.91 Å². The van der Waals surface area contributed by atoms with E-state index in [4.69, 9.17) is 5.73 Å². The number of nitrogen functional groups attached to an aromatic ring is 1. The molecule has 1 atom stereocenters. The predicted molar refractivity (Wildman–Crippen MR) is 73.1 cm³/mol. The fraction of sp³-hybridized carbons (Fsp3) is 0.133. The van der Waals surface area contributed by atoms with Gasteiger partial charge in [-0.25, -0.2) is 8.78 Å². The zero-order valence-electron chi connectivity index (χ0n) is 10.9. The minimum atomic E-state index is -0.787. The number of rotatable bonds is 3. The SMILES string of the molecule is CC(NC(=O)c1cccc(N)c1)c1c(F)cccc1F. The van der Waals surface area contributed by atoms with Gasteiger partial charge >= 0.3 is 0 Å². The molecule has 2 aromatic rings. The topological polar surface area (TPSA) is 55.1 Å². The normalized spacial score (nSPS) is 11.9. The number of nitrogens with one attached hydrogen (secondary N) is 1. The van der Waals surface area contributed by atoms with E-state index in [0.717, 1.165) is 12.1 Å². The number of halogens is 2. The molecule has 0 radical (unpaired) electrons. The van der Waals surface area contributed by atoms with Crippen molar-refractivity contribution < 1.29 is 13.6 Å². The van der Waals surface area contributed by atoms with Crippen molar-refractivity contribution in [1.29, 1.82) is 0 Å². The first-order chi connectivity index (χ1) is 9.49. The van der Waals surface area contributed by atoms with Crippen molar-refractivity contribution in [1.82, 2.24) is 5.32 Å². The maximum absolute atomic E-state index is 13.6. The van der Waals surface area contributed by atoms with Crippen molar-refractivity contribution in [3.63, 3.8) is 0 Å². The molecule has 5 heteroatoms. The molecule has 0 aliphatic heterocycles. The molecule has 0 spiro atoms. The molecule has 1 amide bonds. The molecule has 104 valence electrons. The second-order valence-electron chi connectivity index (χ2n) is 4.46. The van der Waals surface area contributed by atoms with Gasteiger partial charge in [0.15, 0.2) is 0 Å². The van der Waals surface area contributed by atoms with Crippen molar-refractivity contribution in [3.05, 3.63) is 65.2 Å². The highest BCUT2D eigenvalue weighted by Gasteiger charge is 2.18. The van der Waals surface area contributed by atoms with Crippen LogP contribution in [0.2, 0.25) is 0 Å². The number of carbonyl (C=O) groups is 1. The van der Waals surface area contributed by atoms with Crippen LogP contribution in [0.1, 0.15) is 28.9 Å². The Hall–Kier alpha value is -2.43. The number of nitrogens with two attached hydrogens (primary N) is 1. The maximum Gasteiger partial charge on any atom is 0.251 e. The Labute approximate surface area is 115 Å². The molecule has 3 N–H and O–H groups in total. The van der Waals surface area contributed by atoms with Crippen LogP contribution in [-0.2, 0) is 0 Å². The molecule has 2 aromatic carbocycles. The number of hydrogen-bond acceptors (Lipinski definition) is 2. The van der Waals surface area contributed by atoms with Gasteiger partial charge in [-0.05, 0) is 37.3 Å². The lowest BCUT2D eigenvalue weighted by Crippen LogP contribution is -2.28. The molecule has 3 nitrogen and oxygen atoms in total. The van der Waals surface area contributed by atoms with Gasteiger partial charge in [0.05, 0.1) is 6.04 Å². The molecule has 0 bridgehead atoms. The van der Waals surface area contributed by atoms with Crippen molar-refractivity contribution in [2.45, 2.75) is 13.0 Å². The lowest BCUT2D eigenvalue weighted by molar-refractivity contribution is 0.0939.